The van der Waals surface area contributed by atoms with Crippen LogP contribution >= 0.6 is 7.60 Å². The van der Waals surface area contributed by atoms with E-state index in [9.17, 15) is 4.57 Å². The molecule has 0 unspecified atom stereocenters. The molecule has 0 saturated heterocycles. The second kappa shape index (κ2) is 13.9. The summed E-state index contributed by atoms with van der Waals surface area (Å²) in [6, 6.07) is 0. The normalized spacial score (nSPS) is 10.2. The summed E-state index contributed by atoms with van der Waals surface area (Å²) in [7, 11) is -3.72. The Hall–Kier alpha value is 2.85. The molecule has 0 atom stereocenters. The minimum atomic E-state index is -3.72. The van der Waals surface area contributed by atoms with E-state index in [4.69, 9.17) is 9.79 Å². The maximum Gasteiger partial charge on any atom is 0.325 e. The molecule has 6 heteroatoms. The van der Waals surface area contributed by atoms with Crippen molar-refractivity contribution in [2.75, 3.05) is 6.16 Å². The molecule has 3 nitrogen and oxygen atoms in total. The van der Waals surface area contributed by atoms with Crippen molar-refractivity contribution in [3.63, 3.8) is 0 Å². The average molecular weight is 483 g/mol. The molecular weight excluding hydrogens is 464 g/mol. The Balaban J connectivity index is -0.000000605. The van der Waals surface area contributed by atoms with E-state index in [1.165, 1.54) is 19.3 Å². The van der Waals surface area contributed by atoms with Gasteiger partial charge >= 0.3 is 7.60 Å². The van der Waals surface area contributed by atoms with Crippen molar-refractivity contribution in [3.8, 4) is 0 Å². The van der Waals surface area contributed by atoms with Crippen LogP contribution in [0.4, 0.5) is 0 Å². The SMILES string of the molecule is CCCCCCCCP(=O)(O)O.[Nd].[Nd]. The van der Waals surface area contributed by atoms with Crippen molar-refractivity contribution >= 4 is 7.60 Å². The maximum absolute atomic E-state index is 10.4. The van der Waals surface area contributed by atoms with Gasteiger partial charge < -0.3 is 9.79 Å². The van der Waals surface area contributed by atoms with Crippen LogP contribution in [-0.2, 0) is 4.57 Å². The van der Waals surface area contributed by atoms with Crippen molar-refractivity contribution in [2.45, 2.75) is 45.4 Å². The molecule has 0 heterocycles. The van der Waals surface area contributed by atoms with Crippen LogP contribution in [0.25, 0.3) is 0 Å². The first kappa shape index (κ1) is 22.1. The first-order valence-electron chi connectivity index (χ1n) is 4.61. The van der Waals surface area contributed by atoms with Gasteiger partial charge in [0, 0.05) is 87.8 Å². The van der Waals surface area contributed by atoms with E-state index in [1.54, 1.807) is 0 Å². The van der Waals surface area contributed by atoms with Crippen LogP contribution < -0.4 is 0 Å². The number of rotatable bonds is 7. The summed E-state index contributed by atoms with van der Waals surface area (Å²) in [5.74, 6) is 0. The van der Waals surface area contributed by atoms with Gasteiger partial charge in [0.15, 0.2) is 0 Å². The van der Waals surface area contributed by atoms with Crippen molar-refractivity contribution < 1.29 is 96.0 Å². The Morgan fingerprint density at radius 1 is 0.929 bits per heavy atom. The van der Waals surface area contributed by atoms with E-state index in [-0.39, 0.29) is 87.8 Å². The zero-order valence-electron chi connectivity index (χ0n) is 8.70. The number of unbranched alkanes of at least 4 members (excludes halogenated alkanes) is 5. The van der Waals surface area contributed by atoms with Crippen LogP contribution in [0.15, 0.2) is 0 Å². The smallest absolute Gasteiger partial charge is 0.324 e. The quantitative estimate of drug-likeness (QED) is 0.433. The van der Waals surface area contributed by atoms with Crippen LogP contribution in [0, 0.1) is 81.7 Å². The molecule has 0 amide bonds. The Kier molecular flexibility index (Phi) is 21.9. The number of hydrogen-bond donors (Lipinski definition) is 2. The van der Waals surface area contributed by atoms with E-state index in [0.29, 0.717) is 6.42 Å². The summed E-state index contributed by atoms with van der Waals surface area (Å²) in [6.45, 7) is 2.15. The Morgan fingerprint density at radius 3 is 1.79 bits per heavy atom. The molecule has 0 rings (SSSR count). The average Bonchev–Trinajstić information content (AvgIpc) is 1.94. The van der Waals surface area contributed by atoms with Crippen LogP contribution in [0.3, 0.4) is 0 Å². The monoisotopic (exact) mass is 478 g/mol. The van der Waals surface area contributed by atoms with Gasteiger partial charge in [0.2, 0.25) is 0 Å². The maximum atomic E-state index is 10.4. The van der Waals surface area contributed by atoms with Crippen LogP contribution in [-0.4, -0.2) is 15.9 Å². The molecule has 0 aliphatic rings. The van der Waals surface area contributed by atoms with Crippen LogP contribution in [0.5, 0.6) is 0 Å². The summed E-state index contributed by atoms with van der Waals surface area (Å²) in [5.41, 5.74) is 0. The third-order valence-corrected chi connectivity index (χ3v) is 2.70. The fraction of sp³-hybridized carbons (Fsp3) is 1.00. The Morgan fingerprint density at radius 2 is 1.36 bits per heavy atom. The fourth-order valence-electron chi connectivity index (χ4n) is 1.10. The van der Waals surface area contributed by atoms with E-state index in [0.717, 1.165) is 12.8 Å². The van der Waals surface area contributed by atoms with Gasteiger partial charge in [-0.3, -0.25) is 4.57 Å². The van der Waals surface area contributed by atoms with E-state index >= 15 is 0 Å². The van der Waals surface area contributed by atoms with Crippen LogP contribution in [0.1, 0.15) is 45.4 Å². The molecule has 0 fully saturated rings. The van der Waals surface area contributed by atoms with Crippen molar-refractivity contribution in [1.29, 1.82) is 0 Å². The summed E-state index contributed by atoms with van der Waals surface area (Å²) >= 11 is 0. The van der Waals surface area contributed by atoms with Crippen molar-refractivity contribution in [1.82, 2.24) is 0 Å². The fourth-order valence-corrected chi connectivity index (χ4v) is 1.73. The second-order valence-electron chi connectivity index (χ2n) is 3.16. The molecule has 14 heavy (non-hydrogen) atoms. The molecule has 0 bridgehead atoms. The van der Waals surface area contributed by atoms with Gasteiger partial charge in [0.05, 0.1) is 0 Å². The van der Waals surface area contributed by atoms with E-state index < -0.39 is 7.60 Å². The van der Waals surface area contributed by atoms with Crippen molar-refractivity contribution in [2.24, 2.45) is 0 Å². The second-order valence-corrected chi connectivity index (χ2v) is 4.93. The van der Waals surface area contributed by atoms with Gasteiger partial charge in [-0.2, -0.15) is 0 Å². The van der Waals surface area contributed by atoms with Crippen molar-refractivity contribution in [3.05, 3.63) is 0 Å². The molecule has 2 N–H and O–H groups in total. The van der Waals surface area contributed by atoms with Gasteiger partial charge in [0.25, 0.3) is 0 Å². The van der Waals surface area contributed by atoms with Gasteiger partial charge in [-0.1, -0.05) is 39.0 Å². The van der Waals surface area contributed by atoms with Crippen LogP contribution in [0.2, 0.25) is 0 Å². The molecule has 0 aromatic rings. The molecule has 0 aliphatic carbocycles. The third kappa shape index (κ3) is 20.3. The van der Waals surface area contributed by atoms with E-state index in [1.807, 2.05) is 0 Å². The predicted molar refractivity (Wildman–Crippen MR) is 50.3 cm³/mol. The van der Waals surface area contributed by atoms with E-state index in [2.05, 4.69) is 6.92 Å². The minimum Gasteiger partial charge on any atom is -0.324 e. The molecule has 0 aromatic heterocycles. The third-order valence-electron chi connectivity index (χ3n) is 1.80. The first-order chi connectivity index (χ1) is 5.56. The largest absolute Gasteiger partial charge is 0.325 e. The van der Waals surface area contributed by atoms with Gasteiger partial charge in [-0.05, 0) is 6.42 Å². The first-order valence-corrected chi connectivity index (χ1v) is 6.40. The summed E-state index contributed by atoms with van der Waals surface area (Å²) in [6.07, 6.45) is 6.40. The predicted octanol–water partition coefficient (Wildman–Crippen LogP) is 2.52. The Labute approximate surface area is 152 Å². The topological polar surface area (TPSA) is 57.5 Å². The molecule has 0 aromatic carbocycles. The van der Waals surface area contributed by atoms with Gasteiger partial charge in [0.1, 0.15) is 0 Å². The number of hydrogen-bond acceptors (Lipinski definition) is 1. The van der Waals surface area contributed by atoms with Gasteiger partial charge in [-0.25, -0.2) is 0 Å². The summed E-state index contributed by atoms with van der Waals surface area (Å²) in [4.78, 5) is 17.1. The zero-order valence-corrected chi connectivity index (χ0v) is 16.0. The zero-order chi connectivity index (χ0) is 9.45. The molecular formula is C8H19Nd2O3P. The molecule has 0 radical (unpaired) electrons. The summed E-state index contributed by atoms with van der Waals surface area (Å²) < 4.78 is 10.4. The molecule has 0 aliphatic heterocycles. The van der Waals surface area contributed by atoms with Gasteiger partial charge in [-0.15, -0.1) is 0 Å². The molecule has 0 spiro atoms. The standard InChI is InChI=1S/C8H19O3P.2Nd/c1-2-3-4-5-6-7-8-12(9,10)11;;/h2-8H2,1H3,(H2,9,10,11);;. The Bertz CT molecular complexity index is 150. The summed E-state index contributed by atoms with van der Waals surface area (Å²) in [5, 5.41) is 0. The molecule has 0 saturated carbocycles. The molecule has 82 valence electrons. The minimum absolute atomic E-state index is 0.